The van der Waals surface area contributed by atoms with Crippen molar-refractivity contribution in [1.82, 2.24) is 9.97 Å². The predicted octanol–water partition coefficient (Wildman–Crippen LogP) is 2.83. The molecule has 1 heterocycles. The second-order valence-corrected chi connectivity index (χ2v) is 6.08. The molecule has 0 saturated heterocycles. The highest BCUT2D eigenvalue weighted by molar-refractivity contribution is 6.29. The smallest absolute Gasteiger partial charge is 0.258 e. The maximum absolute atomic E-state index is 12.1. The molecule has 3 rings (SSSR count). The van der Waals surface area contributed by atoms with E-state index in [4.69, 9.17) is 17.3 Å². The van der Waals surface area contributed by atoms with Crippen molar-refractivity contribution in [2.24, 2.45) is 5.73 Å². The van der Waals surface area contributed by atoms with E-state index in [1.807, 2.05) is 6.07 Å². The molecule has 1 amide bonds. The van der Waals surface area contributed by atoms with E-state index in [1.165, 1.54) is 6.33 Å². The lowest BCUT2D eigenvalue weighted by Crippen LogP contribution is -2.42. The number of nitrogens with two attached hydrogens (primary N) is 1. The van der Waals surface area contributed by atoms with Crippen LogP contribution in [0.4, 0.5) is 0 Å². The van der Waals surface area contributed by atoms with Gasteiger partial charge in [-0.25, -0.2) is 9.97 Å². The fourth-order valence-corrected chi connectivity index (χ4v) is 2.98. The normalized spacial score (nSPS) is 13.2. The summed E-state index contributed by atoms with van der Waals surface area (Å²) in [5, 5.41) is 11.4. The first-order chi connectivity index (χ1) is 11.9. The number of carbonyl (C=O) groups excluding carboxylic acids is 1. The van der Waals surface area contributed by atoms with Gasteiger partial charge in [-0.2, -0.15) is 0 Å². The second kappa shape index (κ2) is 6.63. The van der Waals surface area contributed by atoms with Gasteiger partial charge in [0.15, 0.2) is 5.60 Å². The SMILES string of the molecule is Cc1cc(-c2cc(Cl)ncn2)ccc1C(O)(C(N)=O)c1ccccc1. The van der Waals surface area contributed by atoms with Crippen LogP contribution in [0.1, 0.15) is 16.7 Å². The largest absolute Gasteiger partial charge is 0.372 e. The summed E-state index contributed by atoms with van der Waals surface area (Å²) >= 11 is 5.91. The maximum atomic E-state index is 12.1. The van der Waals surface area contributed by atoms with Crippen LogP contribution in [0.25, 0.3) is 11.3 Å². The van der Waals surface area contributed by atoms with Gasteiger partial charge in [0.25, 0.3) is 5.91 Å². The van der Waals surface area contributed by atoms with E-state index in [-0.39, 0.29) is 0 Å². The summed E-state index contributed by atoms with van der Waals surface area (Å²) < 4.78 is 0. The number of benzene rings is 2. The van der Waals surface area contributed by atoms with Gasteiger partial charge >= 0.3 is 0 Å². The molecule has 1 unspecified atom stereocenters. The van der Waals surface area contributed by atoms with Gasteiger partial charge in [0.1, 0.15) is 11.5 Å². The number of primary amides is 1. The first kappa shape index (κ1) is 17.1. The summed E-state index contributed by atoms with van der Waals surface area (Å²) in [6, 6.07) is 15.5. The molecule has 3 N–H and O–H groups in total. The number of carbonyl (C=O) groups is 1. The molecular formula is C19H16ClN3O2. The minimum atomic E-state index is -1.91. The number of hydrogen-bond donors (Lipinski definition) is 2. The topological polar surface area (TPSA) is 89.1 Å². The summed E-state index contributed by atoms with van der Waals surface area (Å²) in [6.07, 6.45) is 1.38. The summed E-state index contributed by atoms with van der Waals surface area (Å²) in [5.41, 5.74) is 6.63. The number of aromatic nitrogens is 2. The van der Waals surface area contributed by atoms with E-state index < -0.39 is 11.5 Å². The Balaban J connectivity index is 2.12. The van der Waals surface area contributed by atoms with Crippen molar-refractivity contribution in [3.05, 3.63) is 82.8 Å². The molecular weight excluding hydrogens is 338 g/mol. The van der Waals surface area contributed by atoms with Crippen molar-refractivity contribution < 1.29 is 9.90 Å². The third kappa shape index (κ3) is 3.12. The van der Waals surface area contributed by atoms with Crippen LogP contribution < -0.4 is 5.73 Å². The summed E-state index contributed by atoms with van der Waals surface area (Å²) in [6.45, 7) is 1.80. The molecule has 0 radical (unpaired) electrons. The summed E-state index contributed by atoms with van der Waals surface area (Å²) in [7, 11) is 0. The third-order valence-corrected chi connectivity index (χ3v) is 4.30. The monoisotopic (exact) mass is 353 g/mol. The first-order valence-corrected chi connectivity index (χ1v) is 7.97. The Hall–Kier alpha value is -2.76. The van der Waals surface area contributed by atoms with Gasteiger partial charge in [0.05, 0.1) is 5.69 Å². The van der Waals surface area contributed by atoms with Crippen molar-refractivity contribution in [2.75, 3.05) is 0 Å². The van der Waals surface area contributed by atoms with Gasteiger partial charge in [0.2, 0.25) is 0 Å². The number of nitrogens with zero attached hydrogens (tertiary/aromatic N) is 2. The minimum Gasteiger partial charge on any atom is -0.372 e. The van der Waals surface area contributed by atoms with Crippen LogP contribution in [0.5, 0.6) is 0 Å². The number of aliphatic hydroxyl groups is 1. The van der Waals surface area contributed by atoms with E-state index in [2.05, 4.69) is 9.97 Å². The second-order valence-electron chi connectivity index (χ2n) is 5.70. The molecule has 0 saturated carbocycles. The van der Waals surface area contributed by atoms with Crippen molar-refractivity contribution in [3.63, 3.8) is 0 Å². The number of rotatable bonds is 4. The molecule has 0 fully saturated rings. The molecule has 126 valence electrons. The van der Waals surface area contributed by atoms with Gasteiger partial charge in [-0.05, 0) is 24.1 Å². The van der Waals surface area contributed by atoms with E-state index in [0.29, 0.717) is 27.5 Å². The van der Waals surface area contributed by atoms with Crippen molar-refractivity contribution >= 4 is 17.5 Å². The maximum Gasteiger partial charge on any atom is 0.258 e. The molecule has 2 aromatic carbocycles. The van der Waals surface area contributed by atoms with Gasteiger partial charge in [-0.15, -0.1) is 0 Å². The predicted molar refractivity (Wildman–Crippen MR) is 95.9 cm³/mol. The molecule has 5 nitrogen and oxygen atoms in total. The standard InChI is InChI=1S/C19H16ClN3O2/c1-12-9-13(16-10-17(20)23-11-22-16)7-8-15(12)19(25,18(21)24)14-5-3-2-4-6-14/h2-11,25H,1H3,(H2,21,24). The average Bonchev–Trinajstić information content (AvgIpc) is 2.61. The van der Waals surface area contributed by atoms with Gasteiger partial charge in [-0.3, -0.25) is 4.79 Å². The minimum absolute atomic E-state index is 0.338. The lowest BCUT2D eigenvalue weighted by Gasteiger charge is -2.27. The Kier molecular flexibility index (Phi) is 4.53. The van der Waals surface area contributed by atoms with Gasteiger partial charge in [-0.1, -0.05) is 54.1 Å². The molecule has 25 heavy (non-hydrogen) atoms. The van der Waals surface area contributed by atoms with Crippen molar-refractivity contribution in [1.29, 1.82) is 0 Å². The molecule has 0 aliphatic rings. The van der Waals surface area contributed by atoms with Crippen LogP contribution in [-0.2, 0) is 10.4 Å². The van der Waals surface area contributed by atoms with Crippen LogP contribution in [0.3, 0.4) is 0 Å². The molecule has 6 heteroatoms. The van der Waals surface area contributed by atoms with Gasteiger partial charge < -0.3 is 10.8 Å². The van der Waals surface area contributed by atoms with Crippen LogP contribution in [-0.4, -0.2) is 21.0 Å². The van der Waals surface area contributed by atoms with Gasteiger partial charge in [0, 0.05) is 17.2 Å². The number of halogens is 1. The average molecular weight is 354 g/mol. The zero-order valence-corrected chi connectivity index (χ0v) is 14.2. The van der Waals surface area contributed by atoms with Crippen molar-refractivity contribution in [2.45, 2.75) is 12.5 Å². The van der Waals surface area contributed by atoms with Crippen molar-refractivity contribution in [3.8, 4) is 11.3 Å². The number of hydrogen-bond acceptors (Lipinski definition) is 4. The zero-order valence-electron chi connectivity index (χ0n) is 13.5. The van der Waals surface area contributed by atoms with E-state index in [0.717, 1.165) is 5.56 Å². The van der Waals surface area contributed by atoms with E-state index in [9.17, 15) is 9.90 Å². The molecule has 0 bridgehead atoms. The fraction of sp³-hybridized carbons (Fsp3) is 0.105. The van der Waals surface area contributed by atoms with Crippen LogP contribution in [0, 0.1) is 6.92 Å². The zero-order chi connectivity index (χ0) is 18.0. The Bertz CT molecular complexity index is 931. The van der Waals surface area contributed by atoms with Crippen LogP contribution in [0.2, 0.25) is 5.15 Å². The molecule has 3 aromatic rings. The molecule has 0 aliphatic heterocycles. The molecule has 0 spiro atoms. The summed E-state index contributed by atoms with van der Waals surface area (Å²) in [5.74, 6) is -0.834. The highest BCUT2D eigenvalue weighted by Crippen LogP contribution is 2.33. The molecule has 0 aliphatic carbocycles. The Morgan fingerprint density at radius 3 is 2.44 bits per heavy atom. The highest BCUT2D eigenvalue weighted by atomic mass is 35.5. The number of amides is 1. The Morgan fingerprint density at radius 2 is 1.84 bits per heavy atom. The first-order valence-electron chi connectivity index (χ1n) is 7.60. The lowest BCUT2D eigenvalue weighted by atomic mass is 9.82. The summed E-state index contributed by atoms with van der Waals surface area (Å²) in [4.78, 5) is 20.2. The number of aryl methyl sites for hydroxylation is 1. The Labute approximate surface area is 150 Å². The highest BCUT2D eigenvalue weighted by Gasteiger charge is 2.39. The fourth-order valence-electron chi connectivity index (χ4n) is 2.83. The molecule has 1 aromatic heterocycles. The quantitative estimate of drug-likeness (QED) is 0.706. The third-order valence-electron chi connectivity index (χ3n) is 4.09. The van der Waals surface area contributed by atoms with E-state index >= 15 is 0 Å². The van der Waals surface area contributed by atoms with Crippen LogP contribution in [0.15, 0.2) is 60.9 Å². The lowest BCUT2D eigenvalue weighted by molar-refractivity contribution is -0.133. The van der Waals surface area contributed by atoms with E-state index in [1.54, 1.807) is 55.5 Å². The molecule has 1 atom stereocenters. The Morgan fingerprint density at radius 1 is 1.12 bits per heavy atom. The van der Waals surface area contributed by atoms with Crippen LogP contribution >= 0.6 is 11.6 Å².